The number of benzene rings is 2. The summed E-state index contributed by atoms with van der Waals surface area (Å²) in [6.07, 6.45) is 0. The lowest BCUT2D eigenvalue weighted by molar-refractivity contribution is 0.276. The lowest BCUT2D eigenvalue weighted by Gasteiger charge is -2.16. The van der Waals surface area contributed by atoms with E-state index in [-0.39, 0.29) is 6.61 Å². The zero-order chi connectivity index (χ0) is 13.8. The van der Waals surface area contributed by atoms with Gasteiger partial charge in [0.2, 0.25) is 0 Å². The number of hydrogen-bond donors (Lipinski definition) is 2. The van der Waals surface area contributed by atoms with E-state index in [4.69, 9.17) is 10.5 Å². The van der Waals surface area contributed by atoms with E-state index in [1.807, 2.05) is 0 Å². The molecule has 0 radical (unpaired) electrons. The van der Waals surface area contributed by atoms with Gasteiger partial charge in [-0.05, 0) is 25.1 Å². The molecule has 0 bridgehead atoms. The van der Waals surface area contributed by atoms with Crippen molar-refractivity contribution < 1.29 is 14.2 Å². The molecule has 0 heterocycles. The van der Waals surface area contributed by atoms with Crippen LogP contribution in [0.4, 0.5) is 4.39 Å². The molecule has 2 aromatic carbocycles. The summed E-state index contributed by atoms with van der Waals surface area (Å²) in [7, 11) is 0. The van der Waals surface area contributed by atoms with Gasteiger partial charge in [-0.2, -0.15) is 0 Å². The van der Waals surface area contributed by atoms with Gasteiger partial charge in [0.25, 0.3) is 0 Å². The molecular weight excluding hydrogens is 245 g/mol. The van der Waals surface area contributed by atoms with E-state index in [0.29, 0.717) is 22.6 Å². The second-order valence-corrected chi connectivity index (χ2v) is 4.31. The molecule has 0 aliphatic carbocycles. The standard InChI is InChI=1S/C15H16FNO2/c1-10(17)15-12(16)6-4-8-14(15)19-13-7-3-2-5-11(13)9-18/h2-8,10,18H,9,17H2,1H3. The predicted molar refractivity (Wildman–Crippen MR) is 71.4 cm³/mol. The van der Waals surface area contributed by atoms with E-state index in [1.165, 1.54) is 6.07 Å². The van der Waals surface area contributed by atoms with Crippen LogP contribution < -0.4 is 10.5 Å². The van der Waals surface area contributed by atoms with Crippen LogP contribution in [0.15, 0.2) is 42.5 Å². The number of halogens is 1. The monoisotopic (exact) mass is 261 g/mol. The Hall–Kier alpha value is -1.91. The molecule has 3 nitrogen and oxygen atoms in total. The number of aliphatic hydroxyl groups excluding tert-OH is 1. The van der Waals surface area contributed by atoms with Crippen molar-refractivity contribution in [2.75, 3.05) is 0 Å². The van der Waals surface area contributed by atoms with Gasteiger partial charge in [-0.1, -0.05) is 24.3 Å². The summed E-state index contributed by atoms with van der Waals surface area (Å²) in [6, 6.07) is 11.2. The fourth-order valence-corrected chi connectivity index (χ4v) is 1.90. The first-order chi connectivity index (χ1) is 9.13. The predicted octanol–water partition coefficient (Wildman–Crippen LogP) is 3.13. The van der Waals surface area contributed by atoms with Crippen LogP contribution in [0.25, 0.3) is 0 Å². The number of aliphatic hydroxyl groups is 1. The summed E-state index contributed by atoms with van der Waals surface area (Å²) in [5.41, 5.74) is 6.74. The van der Waals surface area contributed by atoms with Crippen molar-refractivity contribution >= 4 is 0 Å². The molecule has 0 aliphatic rings. The van der Waals surface area contributed by atoms with Crippen molar-refractivity contribution in [1.82, 2.24) is 0 Å². The van der Waals surface area contributed by atoms with Crippen LogP contribution in [0.5, 0.6) is 11.5 Å². The lowest BCUT2D eigenvalue weighted by atomic mass is 10.1. The fourth-order valence-electron chi connectivity index (χ4n) is 1.90. The maximum Gasteiger partial charge on any atom is 0.135 e. The molecule has 19 heavy (non-hydrogen) atoms. The van der Waals surface area contributed by atoms with Gasteiger partial charge in [0.1, 0.15) is 17.3 Å². The minimum absolute atomic E-state index is 0.140. The summed E-state index contributed by atoms with van der Waals surface area (Å²) in [5, 5.41) is 9.25. The SMILES string of the molecule is CC(N)c1c(F)cccc1Oc1ccccc1CO. The number of nitrogens with two attached hydrogens (primary N) is 1. The van der Waals surface area contributed by atoms with E-state index in [1.54, 1.807) is 43.3 Å². The number of hydrogen-bond acceptors (Lipinski definition) is 3. The first kappa shape index (κ1) is 13.5. The number of rotatable bonds is 4. The third kappa shape index (κ3) is 2.92. The molecule has 0 saturated carbocycles. The first-order valence-electron chi connectivity index (χ1n) is 6.04. The molecule has 0 saturated heterocycles. The molecule has 2 rings (SSSR count). The van der Waals surface area contributed by atoms with Gasteiger partial charge < -0.3 is 15.6 Å². The molecule has 2 aromatic rings. The summed E-state index contributed by atoms with van der Waals surface area (Å²) >= 11 is 0. The molecule has 0 aliphatic heterocycles. The molecule has 1 unspecified atom stereocenters. The van der Waals surface area contributed by atoms with E-state index >= 15 is 0 Å². The largest absolute Gasteiger partial charge is 0.457 e. The Labute approximate surface area is 111 Å². The Morgan fingerprint density at radius 3 is 2.53 bits per heavy atom. The summed E-state index contributed by atoms with van der Waals surface area (Å²) in [4.78, 5) is 0. The van der Waals surface area contributed by atoms with Crippen LogP contribution in [0.1, 0.15) is 24.1 Å². The van der Waals surface area contributed by atoms with Crippen LogP contribution in [0.2, 0.25) is 0 Å². The van der Waals surface area contributed by atoms with Crippen LogP contribution in [-0.4, -0.2) is 5.11 Å². The summed E-state index contributed by atoms with van der Waals surface area (Å²) in [5.74, 6) is 0.474. The van der Waals surface area contributed by atoms with Crippen molar-refractivity contribution in [1.29, 1.82) is 0 Å². The molecule has 0 fully saturated rings. The third-order valence-electron chi connectivity index (χ3n) is 2.83. The fraction of sp³-hybridized carbons (Fsp3) is 0.200. The normalized spacial score (nSPS) is 12.2. The Morgan fingerprint density at radius 1 is 1.16 bits per heavy atom. The average molecular weight is 261 g/mol. The highest BCUT2D eigenvalue weighted by Crippen LogP contribution is 2.32. The van der Waals surface area contributed by atoms with Gasteiger partial charge in [-0.25, -0.2) is 4.39 Å². The molecule has 4 heteroatoms. The minimum atomic E-state index is -0.475. The maximum atomic E-state index is 13.8. The Bertz CT molecular complexity index is 570. The number of ether oxygens (including phenoxy) is 1. The second kappa shape index (κ2) is 5.82. The van der Waals surface area contributed by atoms with E-state index in [0.717, 1.165) is 0 Å². The molecule has 100 valence electrons. The molecular formula is C15H16FNO2. The van der Waals surface area contributed by atoms with E-state index in [2.05, 4.69) is 0 Å². The summed E-state index contributed by atoms with van der Waals surface area (Å²) < 4.78 is 19.5. The van der Waals surface area contributed by atoms with Gasteiger partial charge in [0.05, 0.1) is 6.61 Å². The van der Waals surface area contributed by atoms with Crippen LogP contribution >= 0.6 is 0 Å². The minimum Gasteiger partial charge on any atom is -0.457 e. The van der Waals surface area contributed by atoms with Gasteiger partial charge in [-0.3, -0.25) is 0 Å². The topological polar surface area (TPSA) is 55.5 Å². The zero-order valence-corrected chi connectivity index (χ0v) is 10.6. The first-order valence-corrected chi connectivity index (χ1v) is 6.04. The van der Waals surface area contributed by atoms with Gasteiger partial charge in [-0.15, -0.1) is 0 Å². The average Bonchev–Trinajstić information content (AvgIpc) is 2.39. The molecule has 3 N–H and O–H groups in total. The third-order valence-corrected chi connectivity index (χ3v) is 2.83. The van der Waals surface area contributed by atoms with Crippen molar-refractivity contribution in [3.05, 3.63) is 59.4 Å². The van der Waals surface area contributed by atoms with Crippen molar-refractivity contribution in [3.8, 4) is 11.5 Å². The van der Waals surface area contributed by atoms with Gasteiger partial charge in [0, 0.05) is 17.2 Å². The van der Waals surface area contributed by atoms with Crippen molar-refractivity contribution in [2.24, 2.45) is 5.73 Å². The smallest absolute Gasteiger partial charge is 0.135 e. The summed E-state index contributed by atoms with van der Waals surface area (Å²) in [6.45, 7) is 1.56. The van der Waals surface area contributed by atoms with E-state index < -0.39 is 11.9 Å². The number of para-hydroxylation sites is 1. The Morgan fingerprint density at radius 2 is 1.84 bits per heavy atom. The highest BCUT2D eigenvalue weighted by Gasteiger charge is 2.15. The van der Waals surface area contributed by atoms with Crippen molar-refractivity contribution in [2.45, 2.75) is 19.6 Å². The Kier molecular flexibility index (Phi) is 4.14. The maximum absolute atomic E-state index is 13.8. The Balaban J connectivity index is 2.41. The van der Waals surface area contributed by atoms with Gasteiger partial charge >= 0.3 is 0 Å². The second-order valence-electron chi connectivity index (χ2n) is 4.31. The quantitative estimate of drug-likeness (QED) is 0.889. The highest BCUT2D eigenvalue weighted by molar-refractivity contribution is 5.42. The highest BCUT2D eigenvalue weighted by atomic mass is 19.1. The van der Waals surface area contributed by atoms with Crippen molar-refractivity contribution in [3.63, 3.8) is 0 Å². The van der Waals surface area contributed by atoms with Gasteiger partial charge in [0.15, 0.2) is 0 Å². The molecule has 1 atom stereocenters. The lowest BCUT2D eigenvalue weighted by Crippen LogP contribution is -2.09. The molecule has 0 amide bonds. The van der Waals surface area contributed by atoms with Crippen LogP contribution in [-0.2, 0) is 6.61 Å². The van der Waals surface area contributed by atoms with Crippen LogP contribution in [0.3, 0.4) is 0 Å². The zero-order valence-electron chi connectivity index (χ0n) is 10.6. The molecule has 0 spiro atoms. The van der Waals surface area contributed by atoms with E-state index in [9.17, 15) is 9.50 Å². The van der Waals surface area contributed by atoms with Crippen LogP contribution in [0, 0.1) is 5.82 Å². The molecule has 0 aromatic heterocycles.